The summed E-state index contributed by atoms with van der Waals surface area (Å²) in [4.78, 5) is 16.8. The van der Waals surface area contributed by atoms with Gasteiger partial charge in [-0.1, -0.05) is 0 Å². The molecule has 7 unspecified atom stereocenters. The SMILES string of the molecule is COC1CCN2CC3CC(CN4C(=O)C(O)C(O)CC34)C2C1. The van der Waals surface area contributed by atoms with Gasteiger partial charge in [-0.05, 0) is 37.5 Å². The Morgan fingerprint density at radius 1 is 1.09 bits per heavy atom. The molecule has 0 saturated carbocycles. The first-order valence-electron chi connectivity index (χ1n) is 8.52. The van der Waals surface area contributed by atoms with Gasteiger partial charge in [-0.3, -0.25) is 9.69 Å². The standard InChI is InChI=1S/C16H26N2O4/c1-22-11-2-3-17-7-9-4-10(12(17)5-11)8-18-13(9)6-14(19)15(20)16(18)21/h9-15,19-20H,2-8H2,1H3. The van der Waals surface area contributed by atoms with Gasteiger partial charge in [0.25, 0.3) is 5.91 Å². The van der Waals surface area contributed by atoms with Crippen molar-refractivity contribution in [2.24, 2.45) is 11.8 Å². The second kappa shape index (κ2) is 5.44. The van der Waals surface area contributed by atoms with E-state index >= 15 is 0 Å². The Labute approximate surface area is 131 Å². The van der Waals surface area contributed by atoms with Crippen molar-refractivity contribution in [2.45, 2.75) is 56.1 Å². The molecule has 0 aromatic rings. The average Bonchev–Trinajstić information content (AvgIpc) is 2.54. The summed E-state index contributed by atoms with van der Waals surface area (Å²) in [6, 6.07) is 0.593. The molecule has 7 atom stereocenters. The van der Waals surface area contributed by atoms with Gasteiger partial charge in [0.05, 0.1) is 12.2 Å². The number of aliphatic hydroxyl groups excluding tert-OH is 2. The molecule has 0 aromatic carbocycles. The highest BCUT2D eigenvalue weighted by Gasteiger charge is 2.52. The van der Waals surface area contributed by atoms with Gasteiger partial charge in [-0.2, -0.15) is 0 Å². The number of amides is 1. The van der Waals surface area contributed by atoms with Crippen LogP contribution in [0.2, 0.25) is 0 Å². The second-order valence-electron chi connectivity index (χ2n) is 7.51. The minimum Gasteiger partial charge on any atom is -0.390 e. The van der Waals surface area contributed by atoms with Gasteiger partial charge in [0.2, 0.25) is 0 Å². The van der Waals surface area contributed by atoms with E-state index < -0.39 is 12.2 Å². The third-order valence-electron chi connectivity index (χ3n) is 6.42. The van der Waals surface area contributed by atoms with Crippen LogP contribution in [0.4, 0.5) is 0 Å². The van der Waals surface area contributed by atoms with Gasteiger partial charge >= 0.3 is 0 Å². The molecule has 4 heterocycles. The molecule has 124 valence electrons. The van der Waals surface area contributed by atoms with Crippen LogP contribution in [0.1, 0.15) is 25.7 Å². The van der Waals surface area contributed by atoms with Crippen LogP contribution in [-0.4, -0.2) is 83.1 Å². The quantitative estimate of drug-likeness (QED) is 0.679. The zero-order chi connectivity index (χ0) is 15.4. The lowest BCUT2D eigenvalue weighted by molar-refractivity contribution is -0.173. The van der Waals surface area contributed by atoms with Gasteiger partial charge in [-0.15, -0.1) is 0 Å². The van der Waals surface area contributed by atoms with Crippen LogP contribution < -0.4 is 0 Å². The first-order valence-corrected chi connectivity index (χ1v) is 8.52. The van der Waals surface area contributed by atoms with E-state index in [1.54, 1.807) is 7.11 Å². The van der Waals surface area contributed by atoms with Crippen LogP contribution in [0, 0.1) is 11.8 Å². The summed E-state index contributed by atoms with van der Waals surface area (Å²) in [5, 5.41) is 19.8. The van der Waals surface area contributed by atoms with Crippen molar-refractivity contribution in [3.8, 4) is 0 Å². The lowest BCUT2D eigenvalue weighted by Crippen LogP contribution is -2.68. The highest BCUT2D eigenvalue weighted by Crippen LogP contribution is 2.43. The van der Waals surface area contributed by atoms with Crippen LogP contribution in [0.3, 0.4) is 0 Å². The number of hydrogen-bond acceptors (Lipinski definition) is 5. The number of ether oxygens (including phenoxy) is 1. The van der Waals surface area contributed by atoms with Gasteiger partial charge < -0.3 is 19.8 Å². The summed E-state index contributed by atoms with van der Waals surface area (Å²) in [5.41, 5.74) is 0. The van der Waals surface area contributed by atoms with Crippen LogP contribution in [0.5, 0.6) is 0 Å². The van der Waals surface area contributed by atoms with E-state index in [4.69, 9.17) is 4.74 Å². The molecule has 4 fully saturated rings. The van der Waals surface area contributed by atoms with Crippen molar-refractivity contribution >= 4 is 5.91 Å². The van der Waals surface area contributed by atoms with Crippen molar-refractivity contribution in [3.05, 3.63) is 0 Å². The maximum absolute atomic E-state index is 12.4. The molecule has 6 nitrogen and oxygen atoms in total. The Morgan fingerprint density at radius 3 is 2.64 bits per heavy atom. The maximum Gasteiger partial charge on any atom is 0.254 e. The maximum atomic E-state index is 12.4. The molecule has 2 bridgehead atoms. The summed E-state index contributed by atoms with van der Waals surface area (Å²) in [6.45, 7) is 2.80. The molecule has 0 radical (unpaired) electrons. The second-order valence-corrected chi connectivity index (χ2v) is 7.51. The topological polar surface area (TPSA) is 73.2 Å². The van der Waals surface area contributed by atoms with E-state index in [9.17, 15) is 15.0 Å². The van der Waals surface area contributed by atoms with E-state index in [1.165, 1.54) is 0 Å². The predicted octanol–water partition coefficient (Wildman–Crippen LogP) is -0.562. The molecule has 4 rings (SSSR count). The Balaban J connectivity index is 1.56. The Morgan fingerprint density at radius 2 is 1.86 bits per heavy atom. The van der Waals surface area contributed by atoms with Gasteiger partial charge in [0, 0.05) is 38.8 Å². The molecule has 0 aromatic heterocycles. The van der Waals surface area contributed by atoms with Gasteiger partial charge in [0.1, 0.15) is 0 Å². The van der Waals surface area contributed by atoms with E-state index in [2.05, 4.69) is 4.90 Å². The van der Waals surface area contributed by atoms with Crippen LogP contribution in [0.15, 0.2) is 0 Å². The molecule has 0 spiro atoms. The van der Waals surface area contributed by atoms with E-state index in [0.717, 1.165) is 38.9 Å². The fourth-order valence-electron chi connectivity index (χ4n) is 5.27. The highest BCUT2D eigenvalue weighted by molar-refractivity contribution is 5.82. The number of carbonyl (C=O) groups excluding carboxylic acids is 1. The van der Waals surface area contributed by atoms with Crippen molar-refractivity contribution < 1.29 is 19.7 Å². The van der Waals surface area contributed by atoms with Crippen molar-refractivity contribution in [2.75, 3.05) is 26.7 Å². The molecule has 4 saturated heterocycles. The molecule has 22 heavy (non-hydrogen) atoms. The summed E-state index contributed by atoms with van der Waals surface area (Å²) in [6.07, 6.45) is 1.98. The van der Waals surface area contributed by atoms with Crippen LogP contribution >= 0.6 is 0 Å². The third kappa shape index (κ3) is 2.19. The van der Waals surface area contributed by atoms with Gasteiger partial charge in [0.15, 0.2) is 6.10 Å². The molecular formula is C16H26N2O4. The minimum atomic E-state index is -1.23. The first-order chi connectivity index (χ1) is 10.6. The molecule has 2 N–H and O–H groups in total. The molecule has 0 aliphatic carbocycles. The minimum absolute atomic E-state index is 0.100. The molecule has 1 amide bonds. The van der Waals surface area contributed by atoms with Crippen LogP contribution in [0.25, 0.3) is 0 Å². The molecule has 6 heteroatoms. The lowest BCUT2D eigenvalue weighted by atomic mass is 9.70. The van der Waals surface area contributed by atoms with Crippen LogP contribution in [-0.2, 0) is 9.53 Å². The predicted molar refractivity (Wildman–Crippen MR) is 79.1 cm³/mol. The third-order valence-corrected chi connectivity index (χ3v) is 6.42. The number of fused-ring (bicyclic) bond motifs is 6. The number of carbonyl (C=O) groups is 1. The normalized spacial score (nSPS) is 48.8. The number of hydrogen-bond donors (Lipinski definition) is 2. The van der Waals surface area contributed by atoms with Crippen molar-refractivity contribution in [1.82, 2.24) is 9.80 Å². The Kier molecular flexibility index (Phi) is 3.68. The lowest BCUT2D eigenvalue weighted by Gasteiger charge is -2.58. The molecular weight excluding hydrogens is 284 g/mol. The van der Waals surface area contributed by atoms with Gasteiger partial charge in [-0.25, -0.2) is 0 Å². The number of nitrogens with zero attached hydrogens (tertiary/aromatic N) is 2. The zero-order valence-electron chi connectivity index (χ0n) is 13.1. The van der Waals surface area contributed by atoms with Crippen molar-refractivity contribution in [1.29, 1.82) is 0 Å². The monoisotopic (exact) mass is 310 g/mol. The first kappa shape index (κ1) is 14.9. The number of rotatable bonds is 1. The number of methoxy groups -OCH3 is 1. The Hall–Kier alpha value is -0.690. The summed E-state index contributed by atoms with van der Waals surface area (Å²) >= 11 is 0. The number of aliphatic hydroxyl groups is 2. The largest absolute Gasteiger partial charge is 0.390 e. The average molecular weight is 310 g/mol. The fraction of sp³-hybridized carbons (Fsp3) is 0.938. The fourth-order valence-corrected chi connectivity index (χ4v) is 5.27. The summed E-state index contributed by atoms with van der Waals surface area (Å²) in [7, 11) is 1.79. The number of piperidine rings is 4. The smallest absolute Gasteiger partial charge is 0.254 e. The highest BCUT2D eigenvalue weighted by atomic mass is 16.5. The zero-order valence-corrected chi connectivity index (χ0v) is 13.1. The Bertz CT molecular complexity index is 459. The van der Waals surface area contributed by atoms with E-state index in [0.29, 0.717) is 30.4 Å². The summed E-state index contributed by atoms with van der Waals surface area (Å²) in [5.74, 6) is 0.630. The molecule has 4 aliphatic heterocycles. The van der Waals surface area contributed by atoms with E-state index in [1.807, 2.05) is 4.90 Å². The molecule has 4 aliphatic rings. The van der Waals surface area contributed by atoms with E-state index in [-0.39, 0.29) is 11.9 Å². The summed E-state index contributed by atoms with van der Waals surface area (Å²) < 4.78 is 5.56. The van der Waals surface area contributed by atoms with Crippen molar-refractivity contribution in [3.63, 3.8) is 0 Å².